The number of halogens is 1. The molecule has 5 heterocycles. The number of carbonyl (C=O) groups is 6. The number of unbranched alkanes of at least 4 members (excludes halogenated alkanes) is 2. The Bertz CT molecular complexity index is 2280. The Labute approximate surface area is 325 Å². The molecule has 1 unspecified atom stereocenters. The highest BCUT2D eigenvalue weighted by atomic mass is 35.5. The SMILES string of the molecule is Cc1sc2c(c1C)C(c1ccc(Cl)cc1)=NC(CC(=O)NCCCCCC(=O)COc1cccc3c1C(=O)N([C@H]1CCC(=O)NC1=O)C3=O)c1nnc(C)n1-2. The molecule has 284 valence electrons. The number of carbonyl (C=O) groups excluding carboxylic acids is 6. The van der Waals surface area contributed by atoms with Crippen LogP contribution in [0.1, 0.15) is 105 Å². The van der Waals surface area contributed by atoms with Crippen molar-refractivity contribution < 1.29 is 33.5 Å². The van der Waals surface area contributed by atoms with Crippen LogP contribution >= 0.6 is 22.9 Å². The number of ketones is 1. The van der Waals surface area contributed by atoms with E-state index >= 15 is 0 Å². The fourth-order valence-electron chi connectivity index (χ4n) is 7.07. The third-order valence-electron chi connectivity index (χ3n) is 10.0. The molecule has 0 radical (unpaired) electrons. The summed E-state index contributed by atoms with van der Waals surface area (Å²) in [5.74, 6) is -1.50. The molecule has 2 atom stereocenters. The number of fused-ring (bicyclic) bond motifs is 4. The Hall–Kier alpha value is -5.54. The molecule has 2 aromatic carbocycles. The Kier molecular flexibility index (Phi) is 10.8. The number of nitrogens with zero attached hydrogens (tertiary/aromatic N) is 5. The van der Waals surface area contributed by atoms with Crippen molar-refractivity contribution in [3.05, 3.63) is 91.8 Å². The van der Waals surface area contributed by atoms with E-state index in [0.29, 0.717) is 42.5 Å². The van der Waals surface area contributed by atoms with E-state index in [0.717, 1.165) is 37.2 Å². The van der Waals surface area contributed by atoms with Crippen LogP contribution in [0.5, 0.6) is 5.75 Å². The summed E-state index contributed by atoms with van der Waals surface area (Å²) in [6, 6.07) is 10.3. The van der Waals surface area contributed by atoms with Crippen molar-refractivity contribution in [1.29, 1.82) is 0 Å². The van der Waals surface area contributed by atoms with Crippen molar-refractivity contribution in [3.8, 4) is 10.8 Å². The van der Waals surface area contributed by atoms with Gasteiger partial charge in [-0.25, -0.2) is 0 Å². The third-order valence-corrected chi connectivity index (χ3v) is 11.5. The summed E-state index contributed by atoms with van der Waals surface area (Å²) in [6.07, 6.45) is 2.23. The van der Waals surface area contributed by atoms with Crippen molar-refractivity contribution in [3.63, 3.8) is 0 Å². The number of imide groups is 2. The second kappa shape index (κ2) is 15.7. The maximum atomic E-state index is 13.3. The quantitative estimate of drug-likeness (QED) is 0.141. The standard InChI is InChI=1S/C39H38ClN7O7S/c1-20-21(2)55-39-32(20)34(23-11-13-24(40)14-12-23)42-27(35-45-44-22(3)46(35)39)18-31(50)41-17-6-4-5-8-25(48)19-54-29-10-7-9-26-33(29)38(53)47(37(26)52)28-15-16-30(49)43-36(28)51/h7,9-14,27-28H,4-6,8,15-19H2,1-3H3,(H,41,50)(H,43,49,51)/t27?,28-/m0/s1. The fraction of sp³-hybridized carbons (Fsp3) is 0.359. The zero-order valence-corrected chi connectivity index (χ0v) is 32.0. The van der Waals surface area contributed by atoms with E-state index in [1.165, 1.54) is 12.1 Å². The Morgan fingerprint density at radius 2 is 1.76 bits per heavy atom. The minimum absolute atomic E-state index is 0.00633. The van der Waals surface area contributed by atoms with Gasteiger partial charge in [-0.15, -0.1) is 21.5 Å². The molecule has 3 aliphatic heterocycles. The molecule has 7 rings (SSSR count). The lowest BCUT2D eigenvalue weighted by Gasteiger charge is -2.27. The molecule has 1 saturated heterocycles. The van der Waals surface area contributed by atoms with Crippen molar-refractivity contribution in [2.75, 3.05) is 13.2 Å². The first-order chi connectivity index (χ1) is 26.4. The van der Waals surface area contributed by atoms with E-state index in [-0.39, 0.29) is 60.9 Å². The zero-order valence-electron chi connectivity index (χ0n) is 30.4. The highest BCUT2D eigenvalue weighted by Crippen LogP contribution is 2.40. The van der Waals surface area contributed by atoms with Gasteiger partial charge in [0.25, 0.3) is 11.8 Å². The third kappa shape index (κ3) is 7.45. The summed E-state index contributed by atoms with van der Waals surface area (Å²) in [5, 5.41) is 15.6. The predicted molar refractivity (Wildman–Crippen MR) is 203 cm³/mol. The summed E-state index contributed by atoms with van der Waals surface area (Å²) in [4.78, 5) is 83.5. The number of aromatic nitrogens is 3. The summed E-state index contributed by atoms with van der Waals surface area (Å²) in [5.41, 5.74) is 3.83. The first-order valence-electron chi connectivity index (χ1n) is 18.0. The minimum atomic E-state index is -1.10. The van der Waals surface area contributed by atoms with Crippen LogP contribution in [0.15, 0.2) is 47.5 Å². The molecule has 5 amide bonds. The number of thiophene rings is 1. The highest BCUT2D eigenvalue weighted by Gasteiger charge is 2.46. The number of ether oxygens (including phenoxy) is 1. The second-order valence-corrected chi connectivity index (χ2v) is 15.4. The molecule has 4 aromatic rings. The van der Waals surface area contributed by atoms with Gasteiger partial charge in [0.2, 0.25) is 17.7 Å². The Morgan fingerprint density at radius 3 is 2.53 bits per heavy atom. The number of aliphatic imine (C=N–C) groups is 1. The molecule has 0 aliphatic carbocycles. The van der Waals surface area contributed by atoms with Crippen molar-refractivity contribution >= 4 is 64.0 Å². The van der Waals surface area contributed by atoms with E-state index in [1.807, 2.05) is 35.8 Å². The summed E-state index contributed by atoms with van der Waals surface area (Å²) < 4.78 is 7.71. The van der Waals surface area contributed by atoms with Gasteiger partial charge >= 0.3 is 0 Å². The second-order valence-electron chi connectivity index (χ2n) is 13.7. The molecule has 2 N–H and O–H groups in total. The largest absolute Gasteiger partial charge is 0.485 e. The number of rotatable bonds is 13. The average molecular weight is 784 g/mol. The minimum Gasteiger partial charge on any atom is -0.485 e. The van der Waals surface area contributed by atoms with Crippen LogP contribution < -0.4 is 15.4 Å². The molecular weight excluding hydrogens is 746 g/mol. The van der Waals surface area contributed by atoms with Crippen LogP contribution in [0.4, 0.5) is 0 Å². The van der Waals surface area contributed by atoms with Gasteiger partial charge in [-0.1, -0.05) is 36.2 Å². The topological polar surface area (TPSA) is 182 Å². The molecule has 0 bridgehead atoms. The average Bonchev–Trinajstić information content (AvgIpc) is 3.73. The number of benzene rings is 2. The first kappa shape index (κ1) is 37.8. The lowest BCUT2D eigenvalue weighted by atomic mass is 9.99. The number of aryl methyl sites for hydroxylation is 2. The number of piperidine rings is 1. The van der Waals surface area contributed by atoms with Crippen LogP contribution in [-0.4, -0.2) is 79.9 Å². The number of hydrogen-bond acceptors (Lipinski definition) is 11. The molecule has 3 aliphatic rings. The van der Waals surface area contributed by atoms with Gasteiger partial charge in [-0.05, 0) is 69.9 Å². The van der Waals surface area contributed by atoms with Gasteiger partial charge in [0.05, 0.1) is 23.3 Å². The summed E-state index contributed by atoms with van der Waals surface area (Å²) in [7, 11) is 0. The number of Topliss-reactive ketones (excluding diaryl/α,β-unsaturated/α-hetero) is 1. The predicted octanol–water partition coefficient (Wildman–Crippen LogP) is 4.92. The van der Waals surface area contributed by atoms with Crippen LogP contribution in [-0.2, 0) is 19.2 Å². The van der Waals surface area contributed by atoms with Gasteiger partial charge < -0.3 is 10.1 Å². The fourth-order valence-corrected chi connectivity index (χ4v) is 8.41. The van der Waals surface area contributed by atoms with Crippen LogP contribution in [0.25, 0.3) is 5.00 Å². The van der Waals surface area contributed by atoms with Gasteiger partial charge in [-0.2, -0.15) is 0 Å². The molecule has 55 heavy (non-hydrogen) atoms. The van der Waals surface area contributed by atoms with Crippen molar-refractivity contribution in [2.24, 2.45) is 4.99 Å². The lowest BCUT2D eigenvalue weighted by molar-refractivity contribution is -0.136. The van der Waals surface area contributed by atoms with Gasteiger partial charge in [-0.3, -0.25) is 48.5 Å². The number of amides is 5. The summed E-state index contributed by atoms with van der Waals surface area (Å²) in [6.45, 7) is 6.15. The first-order valence-corrected chi connectivity index (χ1v) is 19.2. The van der Waals surface area contributed by atoms with Crippen molar-refractivity contribution in [1.82, 2.24) is 30.3 Å². The lowest BCUT2D eigenvalue weighted by Crippen LogP contribution is -2.54. The van der Waals surface area contributed by atoms with Crippen molar-refractivity contribution in [2.45, 2.75) is 77.8 Å². The molecule has 14 nitrogen and oxygen atoms in total. The van der Waals surface area contributed by atoms with Gasteiger partial charge in [0.15, 0.2) is 11.6 Å². The maximum Gasteiger partial charge on any atom is 0.266 e. The van der Waals surface area contributed by atoms with Gasteiger partial charge in [0, 0.05) is 40.4 Å². The maximum absolute atomic E-state index is 13.3. The van der Waals surface area contributed by atoms with E-state index in [9.17, 15) is 28.8 Å². The van der Waals surface area contributed by atoms with E-state index in [1.54, 1.807) is 17.4 Å². The summed E-state index contributed by atoms with van der Waals surface area (Å²) >= 11 is 7.85. The molecule has 16 heteroatoms. The Morgan fingerprint density at radius 1 is 0.982 bits per heavy atom. The van der Waals surface area contributed by atoms with E-state index < -0.39 is 35.7 Å². The molecule has 0 spiro atoms. The van der Waals surface area contributed by atoms with Crippen LogP contribution in [0.3, 0.4) is 0 Å². The van der Waals surface area contributed by atoms with Gasteiger partial charge in [0.1, 0.15) is 35.3 Å². The Balaban J connectivity index is 0.906. The smallest absolute Gasteiger partial charge is 0.266 e. The molecule has 2 aromatic heterocycles. The highest BCUT2D eigenvalue weighted by molar-refractivity contribution is 7.15. The molecule has 0 saturated carbocycles. The normalized spacial score (nSPS) is 17.6. The monoisotopic (exact) mass is 783 g/mol. The zero-order chi connectivity index (χ0) is 39.0. The molecule has 1 fully saturated rings. The molecular formula is C39H38ClN7O7S. The van der Waals surface area contributed by atoms with Crippen LogP contribution in [0, 0.1) is 20.8 Å². The van der Waals surface area contributed by atoms with Crippen LogP contribution in [0.2, 0.25) is 5.02 Å². The number of nitrogens with one attached hydrogen (secondary N) is 2. The van der Waals surface area contributed by atoms with E-state index in [2.05, 4.69) is 34.7 Å². The number of hydrogen-bond donors (Lipinski definition) is 2. The van der Waals surface area contributed by atoms with E-state index in [4.69, 9.17) is 21.3 Å².